The first-order valence-corrected chi connectivity index (χ1v) is 6.60. The second kappa shape index (κ2) is 6.59. The van der Waals surface area contributed by atoms with Gasteiger partial charge in [-0.05, 0) is 30.7 Å². The van der Waals surface area contributed by atoms with Gasteiger partial charge in [0, 0.05) is 11.9 Å². The number of amides is 1. The first kappa shape index (κ1) is 14.6. The fourth-order valence-electron chi connectivity index (χ4n) is 1.56. The molecule has 1 amide bonds. The van der Waals surface area contributed by atoms with Crippen LogP contribution in [0.4, 0.5) is 5.69 Å². The van der Waals surface area contributed by atoms with E-state index in [4.69, 9.17) is 27.9 Å². The summed E-state index contributed by atoms with van der Waals surface area (Å²) in [5, 5.41) is 3.40. The number of benzene rings is 1. The lowest BCUT2D eigenvalue weighted by Crippen LogP contribution is -2.20. The molecule has 2 rings (SSSR count). The highest BCUT2D eigenvalue weighted by Crippen LogP contribution is 2.24. The Balaban J connectivity index is 1.92. The predicted octanol–water partition coefficient (Wildman–Crippen LogP) is 3.71. The molecule has 6 heteroatoms. The van der Waals surface area contributed by atoms with Gasteiger partial charge in [-0.2, -0.15) is 0 Å². The highest BCUT2D eigenvalue weighted by Gasteiger charge is 2.08. The molecule has 1 aromatic heterocycles. The van der Waals surface area contributed by atoms with Crippen molar-refractivity contribution < 1.29 is 9.53 Å². The van der Waals surface area contributed by atoms with Crippen molar-refractivity contribution in [3.63, 3.8) is 0 Å². The van der Waals surface area contributed by atoms with Crippen molar-refractivity contribution in [1.82, 2.24) is 4.98 Å². The smallest absolute Gasteiger partial charge is 0.262 e. The third-order valence-corrected chi connectivity index (χ3v) is 2.89. The molecule has 0 spiro atoms. The first-order valence-electron chi connectivity index (χ1n) is 5.85. The van der Waals surface area contributed by atoms with Crippen molar-refractivity contribution in [2.24, 2.45) is 0 Å². The molecule has 0 aliphatic rings. The van der Waals surface area contributed by atoms with Crippen LogP contribution in [0, 0.1) is 6.92 Å². The maximum absolute atomic E-state index is 11.7. The molecule has 0 saturated carbocycles. The lowest BCUT2D eigenvalue weighted by Gasteiger charge is -2.08. The largest absolute Gasteiger partial charge is 0.466 e. The van der Waals surface area contributed by atoms with Crippen molar-refractivity contribution in [2.75, 3.05) is 11.9 Å². The molecule has 4 nitrogen and oxygen atoms in total. The maximum Gasteiger partial charge on any atom is 0.262 e. The van der Waals surface area contributed by atoms with E-state index < -0.39 is 0 Å². The number of halogens is 2. The SMILES string of the molecule is Cc1cccc(NC(=O)COc2ncc(Cl)cc2Cl)c1. The minimum atomic E-state index is -0.289. The number of hydrogen-bond donors (Lipinski definition) is 1. The molecule has 0 saturated heterocycles. The van der Waals surface area contributed by atoms with Crippen LogP contribution in [-0.2, 0) is 4.79 Å². The summed E-state index contributed by atoms with van der Waals surface area (Å²) in [5.74, 6) is -0.112. The summed E-state index contributed by atoms with van der Waals surface area (Å²) in [6.07, 6.45) is 1.40. The Hall–Kier alpha value is -1.78. The van der Waals surface area contributed by atoms with Gasteiger partial charge in [0.25, 0.3) is 5.91 Å². The van der Waals surface area contributed by atoms with Crippen LogP contribution in [0.1, 0.15) is 5.56 Å². The summed E-state index contributed by atoms with van der Waals surface area (Å²) in [7, 11) is 0. The minimum absolute atomic E-state index is 0.176. The van der Waals surface area contributed by atoms with E-state index in [0.717, 1.165) is 5.56 Å². The molecule has 0 fully saturated rings. The lowest BCUT2D eigenvalue weighted by atomic mass is 10.2. The van der Waals surface area contributed by atoms with Gasteiger partial charge in [-0.15, -0.1) is 0 Å². The van der Waals surface area contributed by atoms with Gasteiger partial charge in [-0.25, -0.2) is 4.98 Å². The number of rotatable bonds is 4. The fraction of sp³-hybridized carbons (Fsp3) is 0.143. The molecule has 2 aromatic rings. The Kier molecular flexibility index (Phi) is 4.82. The number of hydrogen-bond acceptors (Lipinski definition) is 3. The number of pyridine rings is 1. The van der Waals surface area contributed by atoms with Crippen molar-refractivity contribution in [2.45, 2.75) is 6.92 Å². The van der Waals surface area contributed by atoms with E-state index in [0.29, 0.717) is 10.7 Å². The molecule has 0 atom stereocenters. The Morgan fingerprint density at radius 3 is 2.85 bits per heavy atom. The standard InChI is InChI=1S/C14H12Cl2N2O2/c1-9-3-2-4-11(5-9)18-13(19)8-20-14-12(16)6-10(15)7-17-14/h2-7H,8H2,1H3,(H,18,19). The Labute approximate surface area is 126 Å². The molecule has 104 valence electrons. The third kappa shape index (κ3) is 4.11. The van der Waals surface area contributed by atoms with E-state index in [1.165, 1.54) is 12.3 Å². The van der Waals surface area contributed by atoms with Crippen LogP contribution in [0.5, 0.6) is 5.88 Å². The monoisotopic (exact) mass is 310 g/mol. The molecule has 0 bridgehead atoms. The Morgan fingerprint density at radius 2 is 2.15 bits per heavy atom. The van der Waals surface area contributed by atoms with Crippen LogP contribution in [-0.4, -0.2) is 17.5 Å². The Bertz CT molecular complexity index is 632. The van der Waals surface area contributed by atoms with Gasteiger partial charge in [-0.3, -0.25) is 4.79 Å². The van der Waals surface area contributed by atoms with Crippen LogP contribution < -0.4 is 10.1 Å². The molecular weight excluding hydrogens is 299 g/mol. The third-order valence-electron chi connectivity index (χ3n) is 2.42. The van der Waals surface area contributed by atoms with E-state index in [1.807, 2.05) is 25.1 Å². The van der Waals surface area contributed by atoms with E-state index in [2.05, 4.69) is 10.3 Å². The van der Waals surface area contributed by atoms with Crippen molar-refractivity contribution >= 4 is 34.8 Å². The van der Waals surface area contributed by atoms with Gasteiger partial charge < -0.3 is 10.1 Å². The molecular formula is C14H12Cl2N2O2. The zero-order chi connectivity index (χ0) is 14.5. The van der Waals surface area contributed by atoms with Crippen molar-refractivity contribution in [3.8, 4) is 5.88 Å². The highest BCUT2D eigenvalue weighted by atomic mass is 35.5. The van der Waals surface area contributed by atoms with Gasteiger partial charge in [0.05, 0.1) is 5.02 Å². The molecule has 20 heavy (non-hydrogen) atoms. The molecule has 0 aliphatic carbocycles. The second-order valence-electron chi connectivity index (χ2n) is 4.15. The van der Waals surface area contributed by atoms with Gasteiger partial charge in [0.15, 0.2) is 6.61 Å². The van der Waals surface area contributed by atoms with Crippen molar-refractivity contribution in [1.29, 1.82) is 0 Å². The quantitative estimate of drug-likeness (QED) is 0.936. The number of aromatic nitrogens is 1. The number of anilines is 1. The summed E-state index contributed by atoms with van der Waals surface area (Å²) in [4.78, 5) is 15.6. The summed E-state index contributed by atoms with van der Waals surface area (Å²) < 4.78 is 5.24. The highest BCUT2D eigenvalue weighted by molar-refractivity contribution is 6.35. The first-order chi connectivity index (χ1) is 9.54. The fourth-order valence-corrected chi connectivity index (χ4v) is 2.00. The zero-order valence-corrected chi connectivity index (χ0v) is 12.2. The topological polar surface area (TPSA) is 51.2 Å². The molecule has 1 heterocycles. The number of aryl methyl sites for hydroxylation is 1. The van der Waals surface area contributed by atoms with Crippen molar-refractivity contribution in [3.05, 3.63) is 52.1 Å². The van der Waals surface area contributed by atoms with Gasteiger partial charge in [-0.1, -0.05) is 35.3 Å². The van der Waals surface area contributed by atoms with E-state index >= 15 is 0 Å². The summed E-state index contributed by atoms with van der Waals surface area (Å²) in [5.41, 5.74) is 1.78. The summed E-state index contributed by atoms with van der Waals surface area (Å²) >= 11 is 11.6. The van der Waals surface area contributed by atoms with Crippen LogP contribution in [0.15, 0.2) is 36.5 Å². The van der Waals surface area contributed by atoms with E-state index in [1.54, 1.807) is 6.07 Å². The van der Waals surface area contributed by atoms with E-state index in [-0.39, 0.29) is 23.4 Å². The number of carbonyl (C=O) groups is 1. The predicted molar refractivity (Wildman–Crippen MR) is 79.6 cm³/mol. The average molecular weight is 311 g/mol. The van der Waals surface area contributed by atoms with Crippen LogP contribution in [0.3, 0.4) is 0 Å². The summed E-state index contributed by atoms with van der Waals surface area (Å²) in [6, 6.07) is 8.99. The number of ether oxygens (including phenoxy) is 1. The van der Waals surface area contributed by atoms with Gasteiger partial charge >= 0.3 is 0 Å². The summed E-state index contributed by atoms with van der Waals surface area (Å²) in [6.45, 7) is 1.77. The second-order valence-corrected chi connectivity index (χ2v) is 4.99. The normalized spacial score (nSPS) is 10.2. The Morgan fingerprint density at radius 1 is 1.35 bits per heavy atom. The minimum Gasteiger partial charge on any atom is -0.466 e. The molecule has 1 N–H and O–H groups in total. The van der Waals surface area contributed by atoms with Gasteiger partial charge in [0.1, 0.15) is 5.02 Å². The number of nitrogens with zero attached hydrogens (tertiary/aromatic N) is 1. The maximum atomic E-state index is 11.7. The van der Waals surface area contributed by atoms with Crippen LogP contribution >= 0.6 is 23.2 Å². The molecule has 0 radical (unpaired) electrons. The number of nitrogens with one attached hydrogen (secondary N) is 1. The van der Waals surface area contributed by atoms with Crippen LogP contribution in [0.25, 0.3) is 0 Å². The van der Waals surface area contributed by atoms with Gasteiger partial charge in [0.2, 0.25) is 5.88 Å². The molecule has 0 aliphatic heterocycles. The zero-order valence-electron chi connectivity index (χ0n) is 10.7. The molecule has 1 aromatic carbocycles. The number of carbonyl (C=O) groups excluding carboxylic acids is 1. The lowest BCUT2D eigenvalue weighted by molar-refractivity contribution is -0.118. The van der Waals surface area contributed by atoms with E-state index in [9.17, 15) is 4.79 Å². The van der Waals surface area contributed by atoms with Crippen LogP contribution in [0.2, 0.25) is 10.0 Å². The molecule has 0 unspecified atom stereocenters. The average Bonchev–Trinajstić information content (AvgIpc) is 2.37.